The minimum atomic E-state index is -1.20. The van der Waals surface area contributed by atoms with Crippen molar-refractivity contribution in [2.45, 2.75) is 66.5 Å². The number of aromatic nitrogens is 10. The average Bonchev–Trinajstić information content (AvgIpc) is 4.15. The molecule has 8 aromatic rings. The highest BCUT2D eigenvalue weighted by atomic mass is 19.1. The third-order valence-corrected chi connectivity index (χ3v) is 10.7. The standard InChI is InChI=1S/C22H22FN7O.C13H18N4.C9H6FN3O2.2CH4/c1-2-16-12-28-10-3-4-19(28)21(25-16)29-11-9-17(13-29)26-22(31)20-24-14-30(27-20)18-7-5-15(23)6-8-18;1-2-11-9-16-6-3-4-12(16)13(15-11)17-7-5-10(14)8-17;10-6-1-3-7(4-2-6)13-5-11-8(12-13)9(14)15;;/h3-8,10,12,14,17H,2,9,11,13H2,1H3,(H,26,31);3-4,6,9-10H,2,5,7-8,14H2,1H3;1-5H,(H,14,15);2*1H4/t17-;10-;;;/m00.../s1. The third kappa shape index (κ3) is 10.8. The molecule has 0 unspecified atom stereocenters. The Balaban J connectivity index is 0.000000175. The molecule has 1 amide bonds. The third-order valence-electron chi connectivity index (χ3n) is 10.7. The largest absolute Gasteiger partial charge is 0.475 e. The SMILES string of the molecule is C.C.CCc1cn2cccc2c(N2CC[C@H](N)C2)n1.CCc1cn2cccc2c(N2CC[C@H](NC(=O)c3ncn(-c4ccc(F)cc4)n3)C2)n1.O=C(O)c1ncn(-c2ccc(F)cc2)n1. The second-order valence-corrected chi connectivity index (χ2v) is 15.1. The van der Waals surface area contributed by atoms with Crippen molar-refractivity contribution in [2.75, 3.05) is 36.0 Å². The first-order chi connectivity index (χ1) is 30.5. The number of rotatable bonds is 9. The fourth-order valence-corrected chi connectivity index (χ4v) is 7.43. The van der Waals surface area contributed by atoms with Crippen LogP contribution >= 0.6 is 0 Å². The van der Waals surface area contributed by atoms with Gasteiger partial charge in [0.25, 0.3) is 11.7 Å². The van der Waals surface area contributed by atoms with Crippen molar-refractivity contribution in [1.29, 1.82) is 0 Å². The first-order valence-electron chi connectivity index (χ1n) is 20.6. The van der Waals surface area contributed by atoms with Crippen LogP contribution in [0.2, 0.25) is 0 Å². The molecule has 6 aromatic heterocycles. The summed E-state index contributed by atoms with van der Waals surface area (Å²) < 4.78 is 32.7. The number of amides is 1. The number of nitrogens with two attached hydrogens (primary N) is 1. The lowest BCUT2D eigenvalue weighted by Gasteiger charge is -2.20. The van der Waals surface area contributed by atoms with Crippen molar-refractivity contribution < 1.29 is 23.5 Å². The molecule has 2 aliphatic rings. The van der Waals surface area contributed by atoms with E-state index in [9.17, 15) is 18.4 Å². The van der Waals surface area contributed by atoms with Gasteiger partial charge in [-0.15, -0.1) is 10.2 Å². The van der Waals surface area contributed by atoms with Gasteiger partial charge in [-0.05, 0) is 98.5 Å². The predicted molar refractivity (Wildman–Crippen MR) is 245 cm³/mol. The van der Waals surface area contributed by atoms with Gasteiger partial charge in [-0.3, -0.25) is 4.79 Å². The summed E-state index contributed by atoms with van der Waals surface area (Å²) in [5.41, 5.74) is 11.6. The van der Waals surface area contributed by atoms with Crippen molar-refractivity contribution in [1.82, 2.24) is 53.6 Å². The summed E-state index contributed by atoms with van der Waals surface area (Å²) in [5.74, 6) is -0.391. The number of benzene rings is 2. The zero-order valence-electron chi connectivity index (χ0n) is 34.7. The Morgan fingerprint density at radius 1 is 0.708 bits per heavy atom. The van der Waals surface area contributed by atoms with E-state index in [0.717, 1.165) is 73.9 Å². The van der Waals surface area contributed by atoms with Gasteiger partial charge in [0, 0.05) is 63.1 Å². The molecular formula is C46H54F2N14O3. The average molecular weight is 889 g/mol. The highest BCUT2D eigenvalue weighted by Crippen LogP contribution is 2.26. The molecule has 2 aliphatic heterocycles. The topological polar surface area (TPSA) is 195 Å². The van der Waals surface area contributed by atoms with E-state index < -0.39 is 5.97 Å². The van der Waals surface area contributed by atoms with Crippen LogP contribution in [0, 0.1) is 11.6 Å². The summed E-state index contributed by atoms with van der Waals surface area (Å²) in [6.45, 7) is 7.64. The van der Waals surface area contributed by atoms with Gasteiger partial charge in [-0.1, -0.05) is 28.7 Å². The molecule has 0 bridgehead atoms. The number of carbonyl (C=O) groups excluding carboxylic acids is 1. The monoisotopic (exact) mass is 888 g/mol. The molecule has 10 rings (SSSR count). The zero-order valence-corrected chi connectivity index (χ0v) is 34.7. The number of nitrogens with zero attached hydrogens (tertiary/aromatic N) is 12. The van der Waals surface area contributed by atoms with E-state index in [0.29, 0.717) is 17.9 Å². The van der Waals surface area contributed by atoms with Crippen LogP contribution in [0.25, 0.3) is 22.4 Å². The summed E-state index contributed by atoms with van der Waals surface area (Å²) in [7, 11) is 0. The molecule has 2 saturated heterocycles. The molecule has 340 valence electrons. The Morgan fingerprint density at radius 2 is 1.18 bits per heavy atom. The molecular weight excluding hydrogens is 835 g/mol. The maximum absolute atomic E-state index is 13.1. The lowest BCUT2D eigenvalue weighted by atomic mass is 10.2. The van der Waals surface area contributed by atoms with E-state index in [1.807, 2.05) is 12.3 Å². The van der Waals surface area contributed by atoms with Crippen LogP contribution < -0.4 is 20.9 Å². The smallest absolute Gasteiger partial charge is 0.375 e. The molecule has 0 radical (unpaired) electrons. The maximum atomic E-state index is 13.1. The van der Waals surface area contributed by atoms with Gasteiger partial charge in [0.05, 0.1) is 33.8 Å². The molecule has 0 spiro atoms. The number of carboxylic acid groups (broad SMARTS) is 1. The second-order valence-electron chi connectivity index (χ2n) is 15.1. The number of hydrogen-bond donors (Lipinski definition) is 3. The molecule has 2 fully saturated rings. The van der Waals surface area contributed by atoms with Crippen molar-refractivity contribution >= 4 is 34.5 Å². The number of fused-ring (bicyclic) bond motifs is 2. The highest BCUT2D eigenvalue weighted by molar-refractivity contribution is 5.90. The minimum absolute atomic E-state index is 0. The van der Waals surface area contributed by atoms with Gasteiger partial charge in [-0.2, -0.15) is 0 Å². The van der Waals surface area contributed by atoms with E-state index in [2.05, 4.69) is 94.7 Å². The lowest BCUT2D eigenvalue weighted by Crippen LogP contribution is -2.37. The van der Waals surface area contributed by atoms with Crippen molar-refractivity contribution in [3.8, 4) is 11.4 Å². The molecule has 2 aromatic carbocycles. The van der Waals surface area contributed by atoms with Crippen molar-refractivity contribution in [3.05, 3.63) is 145 Å². The molecule has 65 heavy (non-hydrogen) atoms. The zero-order chi connectivity index (χ0) is 44.0. The normalized spacial score (nSPS) is 15.4. The van der Waals surface area contributed by atoms with Crippen LogP contribution in [0.5, 0.6) is 0 Å². The fraction of sp³-hybridized carbons (Fsp3) is 0.304. The van der Waals surface area contributed by atoms with Gasteiger partial charge in [0.1, 0.15) is 24.3 Å². The Hall–Kier alpha value is -7.54. The van der Waals surface area contributed by atoms with Crippen LogP contribution in [0.4, 0.5) is 20.4 Å². The van der Waals surface area contributed by atoms with Crippen molar-refractivity contribution in [2.24, 2.45) is 5.73 Å². The quantitative estimate of drug-likeness (QED) is 0.144. The van der Waals surface area contributed by atoms with Crippen LogP contribution in [0.15, 0.2) is 110 Å². The van der Waals surface area contributed by atoms with Crippen LogP contribution in [-0.2, 0) is 12.8 Å². The number of aromatic carboxylic acids is 1. The summed E-state index contributed by atoms with van der Waals surface area (Å²) >= 11 is 0. The maximum Gasteiger partial charge on any atom is 0.375 e. The van der Waals surface area contributed by atoms with Gasteiger partial charge in [0.15, 0.2) is 11.6 Å². The van der Waals surface area contributed by atoms with Crippen LogP contribution in [0.3, 0.4) is 0 Å². The molecule has 19 heteroatoms. The molecule has 4 N–H and O–H groups in total. The molecule has 0 saturated carbocycles. The molecule has 8 heterocycles. The fourth-order valence-electron chi connectivity index (χ4n) is 7.43. The molecule has 17 nitrogen and oxygen atoms in total. The Kier molecular flexibility index (Phi) is 15.0. The van der Waals surface area contributed by atoms with Gasteiger partial charge in [0.2, 0.25) is 5.82 Å². The Bertz CT molecular complexity index is 2840. The number of aryl methyl sites for hydroxylation is 2. The van der Waals surface area contributed by atoms with E-state index >= 15 is 0 Å². The van der Waals surface area contributed by atoms with E-state index in [1.54, 1.807) is 12.1 Å². The molecule has 0 aliphatic carbocycles. The number of hydrogen-bond acceptors (Lipinski definition) is 11. The second kappa shape index (κ2) is 20.8. The van der Waals surface area contributed by atoms with Gasteiger partial charge in [-0.25, -0.2) is 42.9 Å². The Morgan fingerprint density at radius 3 is 1.65 bits per heavy atom. The first kappa shape index (κ1) is 47.0. The van der Waals surface area contributed by atoms with E-state index in [1.165, 1.54) is 63.9 Å². The summed E-state index contributed by atoms with van der Waals surface area (Å²) in [6, 6.07) is 19.9. The number of nitrogens with one attached hydrogen (secondary N) is 1. The lowest BCUT2D eigenvalue weighted by molar-refractivity contribution is 0.0683. The van der Waals surface area contributed by atoms with E-state index in [4.69, 9.17) is 20.8 Å². The van der Waals surface area contributed by atoms with Gasteiger partial charge < -0.3 is 34.8 Å². The minimum Gasteiger partial charge on any atom is -0.475 e. The number of carbonyl (C=O) groups is 2. The number of halogens is 2. The van der Waals surface area contributed by atoms with Crippen LogP contribution in [0.1, 0.15) is 74.2 Å². The van der Waals surface area contributed by atoms with Crippen LogP contribution in [-0.4, -0.2) is 104 Å². The number of anilines is 2. The summed E-state index contributed by atoms with van der Waals surface area (Å²) in [5, 5.41) is 19.5. The van der Waals surface area contributed by atoms with E-state index in [-0.39, 0.29) is 56.1 Å². The van der Waals surface area contributed by atoms with Gasteiger partial charge >= 0.3 is 5.97 Å². The first-order valence-corrected chi connectivity index (χ1v) is 20.6. The highest BCUT2D eigenvalue weighted by Gasteiger charge is 2.28. The Labute approximate surface area is 375 Å². The molecule has 2 atom stereocenters. The summed E-state index contributed by atoms with van der Waals surface area (Å²) in [4.78, 5) is 44.9. The summed E-state index contributed by atoms with van der Waals surface area (Å²) in [6.07, 6.45) is 14.7. The number of carboxylic acids is 1. The van der Waals surface area contributed by atoms with Crippen molar-refractivity contribution in [3.63, 3.8) is 0 Å². The predicted octanol–water partition coefficient (Wildman–Crippen LogP) is 6.44.